The van der Waals surface area contributed by atoms with E-state index in [-0.39, 0.29) is 17.3 Å². The Morgan fingerprint density at radius 3 is 2.43 bits per heavy atom. The van der Waals surface area contributed by atoms with Gasteiger partial charge in [0.15, 0.2) is 0 Å². The summed E-state index contributed by atoms with van der Waals surface area (Å²) in [6.45, 7) is 15.1. The van der Waals surface area contributed by atoms with Crippen molar-refractivity contribution >= 4 is 14.3 Å². The topological polar surface area (TPSA) is 35.5 Å². The minimum atomic E-state index is -1.73. The first-order valence-corrected chi connectivity index (χ1v) is 14.0. The third-order valence-electron chi connectivity index (χ3n) is 7.74. The maximum absolute atomic E-state index is 13.2. The molecule has 3 nitrogen and oxygen atoms in total. The molecule has 1 fully saturated rings. The number of carbonyl (C=O) groups is 1. The average molecular weight is 405 g/mol. The first-order valence-electron chi connectivity index (χ1n) is 11.5. The summed E-state index contributed by atoms with van der Waals surface area (Å²) in [4.78, 5) is 13.2. The molecule has 0 aromatic heterocycles. The van der Waals surface area contributed by atoms with Crippen LogP contribution in [0.3, 0.4) is 0 Å². The maximum Gasteiger partial charge on any atom is 0.310 e. The highest BCUT2D eigenvalue weighted by molar-refractivity contribution is 6.73. The zero-order valence-corrected chi connectivity index (χ0v) is 20.1. The van der Waals surface area contributed by atoms with Crippen molar-refractivity contribution in [3.05, 3.63) is 23.5 Å². The lowest BCUT2D eigenvalue weighted by atomic mass is 9.64. The van der Waals surface area contributed by atoms with Crippen LogP contribution in [0, 0.1) is 23.2 Å². The van der Waals surface area contributed by atoms with Gasteiger partial charge in [-0.2, -0.15) is 0 Å². The summed E-state index contributed by atoms with van der Waals surface area (Å²) in [5.41, 5.74) is 0.818. The van der Waals surface area contributed by atoms with E-state index in [2.05, 4.69) is 39.8 Å². The number of fused-ring (bicyclic) bond motifs is 1. The van der Waals surface area contributed by atoms with Crippen molar-refractivity contribution in [2.45, 2.75) is 97.9 Å². The molecule has 0 N–H and O–H groups in total. The van der Waals surface area contributed by atoms with E-state index < -0.39 is 13.9 Å². The number of carbonyl (C=O) groups excluding carboxylic acids is 1. The van der Waals surface area contributed by atoms with Crippen LogP contribution in [0.1, 0.15) is 74.1 Å². The molecule has 0 saturated heterocycles. The molecule has 0 radical (unpaired) electrons. The van der Waals surface area contributed by atoms with Crippen molar-refractivity contribution in [2.24, 2.45) is 23.2 Å². The summed E-state index contributed by atoms with van der Waals surface area (Å²) in [5.74, 6) is 2.08. The Morgan fingerprint density at radius 2 is 1.86 bits per heavy atom. The molecule has 4 atom stereocenters. The normalized spacial score (nSPS) is 32.3. The van der Waals surface area contributed by atoms with Crippen LogP contribution in [0.25, 0.3) is 0 Å². The minimum Gasteiger partial charge on any atom is -0.546 e. The Labute approximate surface area is 173 Å². The molecule has 1 saturated carbocycles. The molecule has 0 aliphatic heterocycles. The Kier molecular flexibility index (Phi) is 5.93. The fourth-order valence-electron chi connectivity index (χ4n) is 5.94. The Balaban J connectivity index is 2.03. The summed E-state index contributed by atoms with van der Waals surface area (Å²) in [6.07, 6.45) is 8.81. The zero-order chi connectivity index (χ0) is 20.7. The number of esters is 1. The number of ether oxygens (including phenoxy) is 1. The van der Waals surface area contributed by atoms with Gasteiger partial charge in [-0.3, -0.25) is 4.79 Å². The molecule has 3 aliphatic rings. The van der Waals surface area contributed by atoms with E-state index in [0.29, 0.717) is 11.8 Å². The van der Waals surface area contributed by atoms with E-state index >= 15 is 0 Å². The highest BCUT2D eigenvalue weighted by atomic mass is 28.4. The van der Waals surface area contributed by atoms with Crippen LogP contribution in [0.15, 0.2) is 23.5 Å². The van der Waals surface area contributed by atoms with Gasteiger partial charge in [-0.25, -0.2) is 0 Å². The SMILES string of the molecule is CC[Si](CC)(CC)OC1=C2C=CCC[C@H](C)[C@]23C[C@H]1C[C@@H]3C(=O)OC(C)(C)C. The second-order valence-corrected chi connectivity index (χ2v) is 15.0. The first-order chi connectivity index (χ1) is 13.1. The van der Waals surface area contributed by atoms with Crippen molar-refractivity contribution < 1.29 is 14.0 Å². The fraction of sp³-hybridized carbons (Fsp3) is 0.792. The lowest BCUT2D eigenvalue weighted by Gasteiger charge is -2.42. The maximum atomic E-state index is 13.2. The predicted octanol–water partition coefficient (Wildman–Crippen LogP) is 6.62. The third kappa shape index (κ3) is 3.50. The second kappa shape index (κ2) is 7.66. The Bertz CT molecular complexity index is 660. The predicted molar refractivity (Wildman–Crippen MR) is 117 cm³/mol. The van der Waals surface area contributed by atoms with Crippen LogP contribution in [0.4, 0.5) is 0 Å². The molecule has 3 rings (SSSR count). The van der Waals surface area contributed by atoms with E-state index in [0.717, 1.165) is 43.8 Å². The van der Waals surface area contributed by atoms with Crippen LogP contribution in [0.2, 0.25) is 18.1 Å². The number of hydrogen-bond donors (Lipinski definition) is 0. The van der Waals surface area contributed by atoms with Gasteiger partial charge in [-0.05, 0) is 76.1 Å². The minimum absolute atomic E-state index is 0.00122. The monoisotopic (exact) mass is 404 g/mol. The summed E-state index contributed by atoms with van der Waals surface area (Å²) in [6, 6.07) is 3.47. The molecule has 4 heteroatoms. The largest absolute Gasteiger partial charge is 0.546 e. The highest BCUT2D eigenvalue weighted by Gasteiger charge is 2.63. The van der Waals surface area contributed by atoms with Gasteiger partial charge in [0.1, 0.15) is 5.60 Å². The molecule has 158 valence electrons. The highest BCUT2D eigenvalue weighted by Crippen LogP contribution is 2.66. The summed E-state index contributed by atoms with van der Waals surface area (Å²) in [7, 11) is -1.73. The van der Waals surface area contributed by atoms with E-state index in [9.17, 15) is 4.79 Å². The third-order valence-corrected chi connectivity index (χ3v) is 12.3. The quantitative estimate of drug-likeness (QED) is 0.369. The van der Waals surface area contributed by atoms with Crippen LogP contribution >= 0.6 is 0 Å². The van der Waals surface area contributed by atoms with Crippen LogP contribution < -0.4 is 0 Å². The molecule has 1 spiro atoms. The zero-order valence-electron chi connectivity index (χ0n) is 19.1. The molecule has 0 aromatic carbocycles. The van der Waals surface area contributed by atoms with Crippen LogP contribution in [-0.4, -0.2) is 19.9 Å². The summed E-state index contributed by atoms with van der Waals surface area (Å²) >= 11 is 0. The average Bonchev–Trinajstić information content (AvgIpc) is 3.11. The van der Waals surface area contributed by atoms with Gasteiger partial charge >= 0.3 is 5.97 Å². The van der Waals surface area contributed by atoms with Gasteiger partial charge in [0, 0.05) is 11.3 Å². The number of hydrogen-bond acceptors (Lipinski definition) is 3. The number of allylic oxidation sites excluding steroid dienone is 4. The van der Waals surface area contributed by atoms with Crippen molar-refractivity contribution in [3.63, 3.8) is 0 Å². The molecular weight excluding hydrogens is 364 g/mol. The lowest BCUT2D eigenvalue weighted by molar-refractivity contribution is -0.164. The molecule has 28 heavy (non-hydrogen) atoms. The summed E-state index contributed by atoms with van der Waals surface area (Å²) < 4.78 is 12.9. The lowest BCUT2D eigenvalue weighted by Crippen LogP contribution is -2.42. The molecule has 2 bridgehead atoms. The van der Waals surface area contributed by atoms with Gasteiger partial charge in [-0.1, -0.05) is 39.8 Å². The second-order valence-electron chi connectivity index (χ2n) is 10.3. The van der Waals surface area contributed by atoms with Crippen molar-refractivity contribution in [2.75, 3.05) is 0 Å². The van der Waals surface area contributed by atoms with Crippen molar-refractivity contribution in [1.82, 2.24) is 0 Å². The van der Waals surface area contributed by atoms with Gasteiger partial charge in [0.2, 0.25) is 8.32 Å². The van der Waals surface area contributed by atoms with E-state index in [1.165, 1.54) is 11.3 Å². The van der Waals surface area contributed by atoms with Gasteiger partial charge < -0.3 is 9.16 Å². The smallest absolute Gasteiger partial charge is 0.310 e. The van der Waals surface area contributed by atoms with Gasteiger partial charge in [0.25, 0.3) is 0 Å². The van der Waals surface area contributed by atoms with Crippen molar-refractivity contribution in [1.29, 1.82) is 0 Å². The van der Waals surface area contributed by atoms with Gasteiger partial charge in [-0.15, -0.1) is 0 Å². The molecule has 3 aliphatic carbocycles. The molecule has 0 heterocycles. The molecule has 0 aromatic rings. The van der Waals surface area contributed by atoms with Crippen molar-refractivity contribution in [3.8, 4) is 0 Å². The first kappa shape index (κ1) is 21.7. The Morgan fingerprint density at radius 1 is 1.21 bits per heavy atom. The number of rotatable bonds is 6. The fourth-order valence-corrected chi connectivity index (χ4v) is 8.62. The van der Waals surface area contributed by atoms with Gasteiger partial charge in [0.05, 0.1) is 11.7 Å². The van der Waals surface area contributed by atoms with E-state index in [1.54, 1.807) is 0 Å². The standard InChI is InChI=1S/C24H40O3Si/c1-8-28(9-2,10-3)27-21-18-15-20(22(25)26-23(5,6)7)24(16-18)17(4)13-11-12-14-19(21)24/h12,14,17-18,20H,8-11,13,15-16H2,1-7H3/t17-,18+,20+,24+/m0/s1. The summed E-state index contributed by atoms with van der Waals surface area (Å²) in [5, 5.41) is 0. The van der Waals surface area contributed by atoms with Crippen LogP contribution in [-0.2, 0) is 14.0 Å². The van der Waals surface area contributed by atoms with E-state index in [4.69, 9.17) is 9.16 Å². The Hall–Kier alpha value is -1.03. The molecule has 0 unspecified atom stereocenters. The van der Waals surface area contributed by atoms with E-state index in [1.807, 2.05) is 20.8 Å². The van der Waals surface area contributed by atoms with Crippen LogP contribution in [0.5, 0.6) is 0 Å². The molecular formula is C24H40O3Si. The molecule has 0 amide bonds.